The van der Waals surface area contributed by atoms with E-state index in [4.69, 9.17) is 16.7 Å². The van der Waals surface area contributed by atoms with Crippen molar-refractivity contribution in [3.05, 3.63) is 63.9 Å². The largest absolute Gasteiger partial charge is 0.478 e. The zero-order valence-electron chi connectivity index (χ0n) is 11.1. The first-order chi connectivity index (χ1) is 10.1. The molecule has 1 N–H and O–H groups in total. The van der Waals surface area contributed by atoms with Gasteiger partial charge in [-0.2, -0.15) is 0 Å². The molecule has 0 saturated heterocycles. The van der Waals surface area contributed by atoms with Crippen molar-refractivity contribution in [1.82, 2.24) is 0 Å². The summed E-state index contributed by atoms with van der Waals surface area (Å²) in [4.78, 5) is 13.0. The molecule has 0 spiro atoms. The highest BCUT2D eigenvalue weighted by Gasteiger charge is 2.22. The SMILES string of the molecule is O=C(O)c1ccc2c(c1)N(Cc1c(F)cccc1Cl)CC2. The van der Waals surface area contributed by atoms with Crippen molar-refractivity contribution in [2.45, 2.75) is 13.0 Å². The van der Waals surface area contributed by atoms with Gasteiger partial charge in [0.25, 0.3) is 0 Å². The first-order valence-electron chi connectivity index (χ1n) is 6.60. The van der Waals surface area contributed by atoms with Gasteiger partial charge in [0.2, 0.25) is 0 Å². The number of nitrogens with zero attached hydrogens (tertiary/aromatic N) is 1. The Hall–Kier alpha value is -2.07. The van der Waals surface area contributed by atoms with Crippen LogP contribution in [0.3, 0.4) is 0 Å². The van der Waals surface area contributed by atoms with Crippen molar-refractivity contribution in [2.75, 3.05) is 11.4 Å². The van der Waals surface area contributed by atoms with Gasteiger partial charge in [-0.1, -0.05) is 23.7 Å². The lowest BCUT2D eigenvalue weighted by molar-refractivity contribution is 0.0697. The van der Waals surface area contributed by atoms with Gasteiger partial charge in [0, 0.05) is 29.4 Å². The van der Waals surface area contributed by atoms with E-state index in [9.17, 15) is 9.18 Å². The highest BCUT2D eigenvalue weighted by atomic mass is 35.5. The zero-order chi connectivity index (χ0) is 15.0. The smallest absolute Gasteiger partial charge is 0.335 e. The lowest BCUT2D eigenvalue weighted by Gasteiger charge is -2.20. The van der Waals surface area contributed by atoms with Gasteiger partial charge >= 0.3 is 5.97 Å². The summed E-state index contributed by atoms with van der Waals surface area (Å²) >= 11 is 6.06. The third-order valence-corrected chi connectivity index (χ3v) is 4.09. The lowest BCUT2D eigenvalue weighted by Crippen LogP contribution is -2.21. The number of benzene rings is 2. The van der Waals surface area contributed by atoms with E-state index in [1.165, 1.54) is 6.07 Å². The molecular weight excluding hydrogens is 293 g/mol. The number of hydrogen-bond acceptors (Lipinski definition) is 2. The first kappa shape index (κ1) is 13.9. The standard InChI is InChI=1S/C16H13ClFNO2/c17-13-2-1-3-14(18)12(13)9-19-7-6-10-4-5-11(16(20)21)8-15(10)19/h1-5,8H,6-7,9H2,(H,20,21). The van der Waals surface area contributed by atoms with E-state index in [0.29, 0.717) is 17.1 Å². The van der Waals surface area contributed by atoms with E-state index in [1.807, 2.05) is 11.0 Å². The average molecular weight is 306 g/mol. The fourth-order valence-corrected chi connectivity index (χ4v) is 2.84. The van der Waals surface area contributed by atoms with Crippen LogP contribution < -0.4 is 4.90 Å². The minimum Gasteiger partial charge on any atom is -0.478 e. The minimum absolute atomic E-state index is 0.236. The summed E-state index contributed by atoms with van der Waals surface area (Å²) in [7, 11) is 0. The maximum Gasteiger partial charge on any atom is 0.335 e. The molecule has 0 aliphatic carbocycles. The van der Waals surface area contributed by atoms with Crippen molar-refractivity contribution in [1.29, 1.82) is 0 Å². The van der Waals surface area contributed by atoms with Crippen LogP contribution in [0.25, 0.3) is 0 Å². The average Bonchev–Trinajstić information content (AvgIpc) is 2.85. The van der Waals surface area contributed by atoms with Crippen LogP contribution in [0.2, 0.25) is 5.02 Å². The molecule has 5 heteroatoms. The number of rotatable bonds is 3. The summed E-state index contributed by atoms with van der Waals surface area (Å²) in [6, 6.07) is 9.67. The molecule has 1 heterocycles. The Labute approximate surface area is 126 Å². The van der Waals surface area contributed by atoms with Crippen LogP contribution in [0.15, 0.2) is 36.4 Å². The summed E-state index contributed by atoms with van der Waals surface area (Å²) in [5.41, 5.74) is 2.59. The van der Waals surface area contributed by atoms with Crippen LogP contribution in [0.4, 0.5) is 10.1 Å². The fraction of sp³-hybridized carbons (Fsp3) is 0.188. The van der Waals surface area contributed by atoms with Gasteiger partial charge < -0.3 is 10.0 Å². The molecule has 3 rings (SSSR count). The van der Waals surface area contributed by atoms with Crippen LogP contribution >= 0.6 is 11.6 Å². The predicted molar refractivity (Wildman–Crippen MR) is 79.6 cm³/mol. The van der Waals surface area contributed by atoms with Crippen molar-refractivity contribution in [3.8, 4) is 0 Å². The molecule has 1 aliphatic rings. The van der Waals surface area contributed by atoms with Crippen molar-refractivity contribution >= 4 is 23.3 Å². The van der Waals surface area contributed by atoms with E-state index in [2.05, 4.69) is 0 Å². The Kier molecular flexibility index (Phi) is 3.55. The van der Waals surface area contributed by atoms with Gasteiger partial charge in [0.05, 0.1) is 5.56 Å². The van der Waals surface area contributed by atoms with E-state index in [1.54, 1.807) is 24.3 Å². The maximum atomic E-state index is 13.9. The molecule has 3 nitrogen and oxygen atoms in total. The second-order valence-corrected chi connectivity index (χ2v) is 5.43. The Morgan fingerprint density at radius 3 is 2.86 bits per heavy atom. The summed E-state index contributed by atoms with van der Waals surface area (Å²) in [6.07, 6.45) is 0.821. The van der Waals surface area contributed by atoms with Crippen LogP contribution in [0.5, 0.6) is 0 Å². The molecule has 0 unspecified atom stereocenters. The molecular formula is C16H13ClFNO2. The Bertz CT molecular complexity index is 697. The topological polar surface area (TPSA) is 40.5 Å². The number of aromatic carboxylic acids is 1. The number of halogens is 2. The third kappa shape index (κ3) is 2.59. The number of carboxylic acids is 1. The van der Waals surface area contributed by atoms with Gasteiger partial charge in [-0.3, -0.25) is 0 Å². The van der Waals surface area contributed by atoms with E-state index >= 15 is 0 Å². The molecule has 0 atom stereocenters. The maximum absolute atomic E-state index is 13.9. The molecule has 1 aliphatic heterocycles. The second-order valence-electron chi connectivity index (χ2n) is 5.02. The molecule has 0 bridgehead atoms. The van der Waals surface area contributed by atoms with Gasteiger partial charge in [-0.15, -0.1) is 0 Å². The molecule has 21 heavy (non-hydrogen) atoms. The van der Waals surface area contributed by atoms with Crippen molar-refractivity contribution in [3.63, 3.8) is 0 Å². The Morgan fingerprint density at radius 2 is 2.14 bits per heavy atom. The van der Waals surface area contributed by atoms with Gasteiger partial charge in [-0.05, 0) is 36.2 Å². The number of anilines is 1. The normalized spacial score (nSPS) is 13.3. The summed E-state index contributed by atoms with van der Waals surface area (Å²) in [5.74, 6) is -1.31. The van der Waals surface area contributed by atoms with Gasteiger partial charge in [-0.25, -0.2) is 9.18 Å². The van der Waals surface area contributed by atoms with Crippen LogP contribution in [-0.4, -0.2) is 17.6 Å². The van der Waals surface area contributed by atoms with Crippen molar-refractivity contribution < 1.29 is 14.3 Å². The highest BCUT2D eigenvalue weighted by Crippen LogP contribution is 2.32. The number of hydrogen-bond donors (Lipinski definition) is 1. The van der Waals surface area contributed by atoms with Crippen molar-refractivity contribution in [2.24, 2.45) is 0 Å². The van der Waals surface area contributed by atoms with Gasteiger partial charge in [0.1, 0.15) is 5.82 Å². The molecule has 0 fully saturated rings. The summed E-state index contributed by atoms with van der Waals surface area (Å²) in [6.45, 7) is 1.06. The highest BCUT2D eigenvalue weighted by molar-refractivity contribution is 6.31. The molecule has 0 amide bonds. The van der Waals surface area contributed by atoms with E-state index in [-0.39, 0.29) is 11.4 Å². The minimum atomic E-state index is -0.964. The lowest BCUT2D eigenvalue weighted by atomic mass is 10.1. The molecule has 0 saturated carbocycles. The number of carboxylic acid groups (broad SMARTS) is 1. The Balaban J connectivity index is 1.94. The Morgan fingerprint density at radius 1 is 1.33 bits per heavy atom. The summed E-state index contributed by atoms with van der Waals surface area (Å²) in [5, 5.41) is 9.47. The quantitative estimate of drug-likeness (QED) is 0.939. The summed E-state index contributed by atoms with van der Waals surface area (Å²) < 4.78 is 13.9. The zero-order valence-corrected chi connectivity index (χ0v) is 11.9. The number of fused-ring (bicyclic) bond motifs is 1. The van der Waals surface area contributed by atoms with Gasteiger partial charge in [0.15, 0.2) is 0 Å². The van der Waals surface area contributed by atoms with Crippen LogP contribution in [-0.2, 0) is 13.0 Å². The molecule has 2 aromatic carbocycles. The third-order valence-electron chi connectivity index (χ3n) is 3.73. The predicted octanol–water partition coefficient (Wildman–Crippen LogP) is 3.74. The molecule has 108 valence electrons. The monoisotopic (exact) mass is 305 g/mol. The first-order valence-corrected chi connectivity index (χ1v) is 6.98. The number of carbonyl (C=O) groups is 1. The molecule has 0 radical (unpaired) electrons. The molecule has 2 aromatic rings. The van der Waals surface area contributed by atoms with E-state index < -0.39 is 5.97 Å². The second kappa shape index (κ2) is 5.37. The van der Waals surface area contributed by atoms with Crippen LogP contribution in [0.1, 0.15) is 21.5 Å². The van der Waals surface area contributed by atoms with E-state index in [0.717, 1.165) is 24.2 Å². The molecule has 0 aromatic heterocycles. The van der Waals surface area contributed by atoms with Crippen LogP contribution in [0, 0.1) is 5.82 Å². The fourth-order valence-electron chi connectivity index (χ4n) is 2.62.